The summed E-state index contributed by atoms with van der Waals surface area (Å²) in [6, 6.07) is 5.56. The van der Waals surface area contributed by atoms with E-state index >= 15 is 0 Å². The Balaban J connectivity index is 2.17. The molecule has 0 radical (unpaired) electrons. The number of benzene rings is 1. The van der Waals surface area contributed by atoms with E-state index in [1.54, 1.807) is 13.0 Å². The molecule has 0 spiro atoms. The molecule has 0 aromatic heterocycles. The van der Waals surface area contributed by atoms with Crippen LogP contribution in [0.1, 0.15) is 30.6 Å². The number of hydrogen-bond acceptors (Lipinski definition) is 4. The average molecular weight is 275 g/mol. The van der Waals surface area contributed by atoms with Gasteiger partial charge in [-0.3, -0.25) is 9.59 Å². The van der Waals surface area contributed by atoms with E-state index in [0.717, 1.165) is 38.3 Å². The molecule has 0 saturated carbocycles. The maximum atomic E-state index is 11.6. The van der Waals surface area contributed by atoms with Crippen molar-refractivity contribution < 1.29 is 9.59 Å². The third kappa shape index (κ3) is 3.10. The van der Waals surface area contributed by atoms with Crippen molar-refractivity contribution in [1.82, 2.24) is 4.90 Å². The van der Waals surface area contributed by atoms with E-state index in [1.165, 1.54) is 6.92 Å². The van der Waals surface area contributed by atoms with Crippen molar-refractivity contribution in [3.63, 3.8) is 0 Å². The number of ketones is 1. The van der Waals surface area contributed by atoms with Crippen LogP contribution in [0.25, 0.3) is 0 Å². The first-order valence-corrected chi connectivity index (χ1v) is 6.90. The summed E-state index contributed by atoms with van der Waals surface area (Å²) in [7, 11) is 0. The largest absolute Gasteiger partial charge is 0.398 e. The highest BCUT2D eigenvalue weighted by molar-refractivity contribution is 6.00. The van der Waals surface area contributed by atoms with Gasteiger partial charge in [-0.25, -0.2) is 0 Å². The Labute approximate surface area is 119 Å². The van der Waals surface area contributed by atoms with Crippen LogP contribution < -0.4 is 10.6 Å². The van der Waals surface area contributed by atoms with E-state index < -0.39 is 0 Å². The summed E-state index contributed by atoms with van der Waals surface area (Å²) in [5.41, 5.74) is 7.90. The summed E-state index contributed by atoms with van der Waals surface area (Å²) in [5, 5.41) is 0. The predicted molar refractivity (Wildman–Crippen MR) is 79.9 cm³/mol. The fourth-order valence-corrected chi connectivity index (χ4v) is 2.54. The smallest absolute Gasteiger partial charge is 0.219 e. The van der Waals surface area contributed by atoms with Crippen LogP contribution >= 0.6 is 0 Å². The van der Waals surface area contributed by atoms with Gasteiger partial charge in [-0.15, -0.1) is 0 Å². The summed E-state index contributed by atoms with van der Waals surface area (Å²) in [6.45, 7) is 6.30. The molecule has 2 N–H and O–H groups in total. The first kappa shape index (κ1) is 14.4. The van der Waals surface area contributed by atoms with Crippen molar-refractivity contribution in [2.45, 2.75) is 20.3 Å². The van der Waals surface area contributed by atoms with Gasteiger partial charge in [-0.2, -0.15) is 0 Å². The Morgan fingerprint density at radius 1 is 1.10 bits per heavy atom. The number of hydrogen-bond donors (Lipinski definition) is 1. The Hall–Kier alpha value is -2.04. The van der Waals surface area contributed by atoms with Gasteiger partial charge < -0.3 is 15.5 Å². The highest BCUT2D eigenvalue weighted by Crippen LogP contribution is 2.23. The number of carbonyl (C=O) groups is 2. The number of nitrogens with two attached hydrogens (primary N) is 1. The number of anilines is 2. The minimum Gasteiger partial charge on any atom is -0.398 e. The number of rotatable bonds is 2. The standard InChI is InChI=1S/C15H21N3O2/c1-11(19)14-10-13(4-5-15(14)16)18-7-3-6-17(8-9-18)12(2)20/h4-5,10H,3,6-9,16H2,1-2H3. The average Bonchev–Trinajstić information content (AvgIpc) is 2.64. The molecule has 1 aliphatic rings. The van der Waals surface area contributed by atoms with Crippen molar-refractivity contribution in [2.75, 3.05) is 36.8 Å². The molecule has 5 heteroatoms. The SMILES string of the molecule is CC(=O)c1cc(N2CCCN(C(C)=O)CC2)ccc1N. The predicted octanol–water partition coefficient (Wildman–Crippen LogP) is 1.53. The van der Waals surface area contributed by atoms with Crippen LogP contribution in [-0.2, 0) is 4.79 Å². The lowest BCUT2D eigenvalue weighted by Crippen LogP contribution is -2.33. The molecule has 1 heterocycles. The van der Waals surface area contributed by atoms with Crippen molar-refractivity contribution >= 4 is 23.1 Å². The van der Waals surface area contributed by atoms with E-state index in [1.807, 2.05) is 17.0 Å². The monoisotopic (exact) mass is 275 g/mol. The quantitative estimate of drug-likeness (QED) is 0.656. The minimum atomic E-state index is -0.0236. The molecule has 108 valence electrons. The third-order valence-corrected chi connectivity index (χ3v) is 3.72. The van der Waals surface area contributed by atoms with E-state index in [0.29, 0.717) is 11.3 Å². The Bertz CT molecular complexity index is 528. The molecule has 5 nitrogen and oxygen atoms in total. The molecular formula is C15H21N3O2. The van der Waals surface area contributed by atoms with Crippen LogP contribution in [0.3, 0.4) is 0 Å². The molecule has 1 aliphatic heterocycles. The molecule has 0 unspecified atom stereocenters. The van der Waals surface area contributed by atoms with E-state index in [-0.39, 0.29) is 11.7 Å². The molecule has 20 heavy (non-hydrogen) atoms. The maximum absolute atomic E-state index is 11.6. The zero-order valence-electron chi connectivity index (χ0n) is 12.1. The summed E-state index contributed by atoms with van der Waals surface area (Å²) in [4.78, 5) is 27.1. The van der Waals surface area contributed by atoms with E-state index in [4.69, 9.17) is 5.73 Å². The zero-order valence-corrected chi connectivity index (χ0v) is 12.1. The second-order valence-electron chi connectivity index (χ2n) is 5.17. The Morgan fingerprint density at radius 2 is 1.85 bits per heavy atom. The molecule has 1 fully saturated rings. The lowest BCUT2D eigenvalue weighted by molar-refractivity contribution is -0.128. The van der Waals surface area contributed by atoms with Crippen LogP contribution in [-0.4, -0.2) is 42.8 Å². The zero-order chi connectivity index (χ0) is 14.7. The first-order valence-electron chi connectivity index (χ1n) is 6.90. The number of Topliss-reactive ketones (excluding diaryl/α,β-unsaturated/α-hetero) is 1. The third-order valence-electron chi connectivity index (χ3n) is 3.72. The van der Waals surface area contributed by atoms with Gasteiger partial charge in [-0.1, -0.05) is 0 Å². The number of nitrogens with zero attached hydrogens (tertiary/aromatic N) is 2. The number of carbonyl (C=O) groups excluding carboxylic acids is 2. The highest BCUT2D eigenvalue weighted by Gasteiger charge is 2.17. The van der Waals surface area contributed by atoms with Crippen LogP contribution in [0.4, 0.5) is 11.4 Å². The molecule has 2 rings (SSSR count). The molecule has 0 aliphatic carbocycles. The van der Waals surface area contributed by atoms with E-state index in [2.05, 4.69) is 4.90 Å². The molecule has 0 bridgehead atoms. The molecular weight excluding hydrogens is 254 g/mol. The molecule has 0 atom stereocenters. The van der Waals surface area contributed by atoms with Gasteiger partial charge in [0.05, 0.1) is 0 Å². The van der Waals surface area contributed by atoms with E-state index in [9.17, 15) is 9.59 Å². The lowest BCUT2D eigenvalue weighted by Gasteiger charge is -2.24. The van der Waals surface area contributed by atoms with Gasteiger partial charge in [0.15, 0.2) is 5.78 Å². The van der Waals surface area contributed by atoms with Gasteiger partial charge in [0.25, 0.3) is 0 Å². The molecule has 1 aromatic rings. The lowest BCUT2D eigenvalue weighted by atomic mass is 10.1. The first-order chi connectivity index (χ1) is 9.49. The number of nitrogen functional groups attached to an aromatic ring is 1. The minimum absolute atomic E-state index is 0.0236. The maximum Gasteiger partial charge on any atom is 0.219 e. The number of amides is 1. The second kappa shape index (κ2) is 5.94. The fourth-order valence-electron chi connectivity index (χ4n) is 2.54. The van der Waals surface area contributed by atoms with Gasteiger partial charge in [0, 0.05) is 50.0 Å². The van der Waals surface area contributed by atoms with Crippen LogP contribution in [0.5, 0.6) is 0 Å². The molecule has 1 saturated heterocycles. The van der Waals surface area contributed by atoms with Crippen LogP contribution in [0, 0.1) is 0 Å². The fraction of sp³-hybridized carbons (Fsp3) is 0.467. The van der Waals surface area contributed by atoms with Crippen LogP contribution in [0.15, 0.2) is 18.2 Å². The molecule has 1 aromatic carbocycles. The van der Waals surface area contributed by atoms with Crippen molar-refractivity contribution in [1.29, 1.82) is 0 Å². The summed E-state index contributed by atoms with van der Waals surface area (Å²) >= 11 is 0. The Kier molecular flexibility index (Phi) is 4.27. The van der Waals surface area contributed by atoms with Gasteiger partial charge in [-0.05, 0) is 31.5 Å². The summed E-state index contributed by atoms with van der Waals surface area (Å²) in [5.74, 6) is 0.0955. The summed E-state index contributed by atoms with van der Waals surface area (Å²) in [6.07, 6.45) is 0.930. The van der Waals surface area contributed by atoms with Crippen molar-refractivity contribution in [3.05, 3.63) is 23.8 Å². The summed E-state index contributed by atoms with van der Waals surface area (Å²) < 4.78 is 0. The highest BCUT2D eigenvalue weighted by atomic mass is 16.2. The normalized spacial score (nSPS) is 15.9. The second-order valence-corrected chi connectivity index (χ2v) is 5.17. The van der Waals surface area contributed by atoms with Gasteiger partial charge in [0.2, 0.25) is 5.91 Å². The van der Waals surface area contributed by atoms with Crippen molar-refractivity contribution in [2.24, 2.45) is 0 Å². The molecule has 1 amide bonds. The van der Waals surface area contributed by atoms with Gasteiger partial charge >= 0.3 is 0 Å². The van der Waals surface area contributed by atoms with Crippen LogP contribution in [0.2, 0.25) is 0 Å². The van der Waals surface area contributed by atoms with Crippen molar-refractivity contribution in [3.8, 4) is 0 Å². The van der Waals surface area contributed by atoms with Gasteiger partial charge in [0.1, 0.15) is 0 Å². The topological polar surface area (TPSA) is 66.6 Å². The Morgan fingerprint density at radius 3 is 2.50 bits per heavy atom.